The summed E-state index contributed by atoms with van der Waals surface area (Å²) in [5.74, 6) is 0. The van der Waals surface area contributed by atoms with Crippen LogP contribution in [0.1, 0.15) is 26.8 Å². The summed E-state index contributed by atoms with van der Waals surface area (Å²) in [6.45, 7) is 6.58. The zero-order valence-electron chi connectivity index (χ0n) is 11.6. The van der Waals surface area contributed by atoms with Gasteiger partial charge in [0.1, 0.15) is 5.02 Å². The molecule has 0 aliphatic carbocycles. The van der Waals surface area contributed by atoms with E-state index in [1.165, 1.54) is 4.68 Å². The minimum Gasteiger partial charge on any atom is -0.381 e. The van der Waals surface area contributed by atoms with Gasteiger partial charge in [-0.2, -0.15) is 5.10 Å². The lowest BCUT2D eigenvalue weighted by Gasteiger charge is -2.21. The highest BCUT2D eigenvalue weighted by atomic mass is 35.5. The highest BCUT2D eigenvalue weighted by Gasteiger charge is 2.12. The van der Waals surface area contributed by atoms with E-state index in [1.54, 1.807) is 6.20 Å². The van der Waals surface area contributed by atoms with Gasteiger partial charge in [0, 0.05) is 12.6 Å². The Morgan fingerprint density at radius 1 is 1.44 bits per heavy atom. The van der Waals surface area contributed by atoms with Crippen molar-refractivity contribution in [2.45, 2.75) is 32.9 Å². The first-order valence-electron chi connectivity index (χ1n) is 6.02. The van der Waals surface area contributed by atoms with Crippen molar-refractivity contribution in [1.29, 1.82) is 0 Å². The lowest BCUT2D eigenvalue weighted by molar-refractivity contribution is 0.326. The molecule has 102 valence electrons. The smallest absolute Gasteiger partial charge is 0.287 e. The number of likely N-dealkylation sites (N-methyl/N-ethyl adjacent to an activating group) is 1. The third-order valence-corrected chi connectivity index (χ3v) is 3.27. The van der Waals surface area contributed by atoms with Crippen molar-refractivity contribution in [2.75, 3.05) is 26.0 Å². The fraction of sp³-hybridized carbons (Fsp3) is 0.667. The van der Waals surface area contributed by atoms with Crippen molar-refractivity contribution >= 4 is 17.3 Å². The number of nitrogens with zero attached hydrogens (tertiary/aromatic N) is 3. The molecule has 0 radical (unpaired) electrons. The van der Waals surface area contributed by atoms with Crippen LogP contribution in [0.2, 0.25) is 5.02 Å². The van der Waals surface area contributed by atoms with Gasteiger partial charge in [-0.05, 0) is 34.9 Å². The molecule has 0 aliphatic rings. The molecule has 1 heterocycles. The van der Waals surface area contributed by atoms with Crippen molar-refractivity contribution in [3.8, 4) is 0 Å². The van der Waals surface area contributed by atoms with Crippen LogP contribution in [0.3, 0.4) is 0 Å². The predicted octanol–water partition coefficient (Wildman–Crippen LogP) is 1.84. The summed E-state index contributed by atoms with van der Waals surface area (Å²) in [6.07, 6.45) is 1.60. The molecule has 0 spiro atoms. The van der Waals surface area contributed by atoms with E-state index in [0.29, 0.717) is 18.3 Å². The van der Waals surface area contributed by atoms with Gasteiger partial charge in [-0.1, -0.05) is 11.6 Å². The minimum atomic E-state index is -0.255. The number of anilines is 1. The van der Waals surface area contributed by atoms with Gasteiger partial charge in [0.05, 0.1) is 17.9 Å². The van der Waals surface area contributed by atoms with E-state index in [1.807, 2.05) is 27.9 Å². The molecule has 0 saturated heterocycles. The Labute approximate surface area is 113 Å². The molecule has 18 heavy (non-hydrogen) atoms. The quantitative estimate of drug-likeness (QED) is 0.889. The molecule has 0 aliphatic heterocycles. The van der Waals surface area contributed by atoms with Gasteiger partial charge in [-0.25, -0.2) is 4.68 Å². The molecule has 1 aromatic rings. The van der Waals surface area contributed by atoms with Gasteiger partial charge in [0.25, 0.3) is 5.56 Å². The van der Waals surface area contributed by atoms with Crippen LogP contribution in [0, 0.1) is 0 Å². The first-order chi connectivity index (χ1) is 8.34. The van der Waals surface area contributed by atoms with Gasteiger partial charge in [0.15, 0.2) is 0 Å². The maximum Gasteiger partial charge on any atom is 0.287 e. The SMILES string of the molecule is CC(CNc1cnn(C(C)C)c(=O)c1Cl)N(C)C. The number of nitrogens with one attached hydrogen (secondary N) is 1. The maximum atomic E-state index is 11.9. The minimum absolute atomic E-state index is 0.00440. The summed E-state index contributed by atoms with van der Waals surface area (Å²) in [5.41, 5.74) is 0.335. The standard InChI is InChI=1S/C12H21ClN4O/c1-8(2)17-12(18)11(13)10(7-15-17)14-6-9(3)16(4)5/h7-9,14H,6H2,1-5H3. The highest BCUT2D eigenvalue weighted by molar-refractivity contribution is 6.32. The lowest BCUT2D eigenvalue weighted by atomic mass is 10.3. The molecule has 1 rings (SSSR count). The summed E-state index contributed by atoms with van der Waals surface area (Å²) in [7, 11) is 4.01. The first kappa shape index (κ1) is 15.0. The van der Waals surface area contributed by atoms with Crippen molar-refractivity contribution in [3.05, 3.63) is 21.6 Å². The Hall–Kier alpha value is -1.07. The molecule has 0 fully saturated rings. The zero-order valence-corrected chi connectivity index (χ0v) is 12.3. The number of halogens is 1. The van der Waals surface area contributed by atoms with Crippen LogP contribution in [-0.2, 0) is 0 Å². The maximum absolute atomic E-state index is 11.9. The van der Waals surface area contributed by atoms with Crippen molar-refractivity contribution in [2.24, 2.45) is 0 Å². The Bertz CT molecular complexity index is 456. The van der Waals surface area contributed by atoms with Crippen LogP contribution in [0.5, 0.6) is 0 Å². The van der Waals surface area contributed by atoms with E-state index in [0.717, 1.165) is 0 Å². The van der Waals surface area contributed by atoms with Crippen LogP contribution >= 0.6 is 11.6 Å². The Kier molecular flexibility index (Phi) is 5.16. The van der Waals surface area contributed by atoms with Gasteiger partial charge in [-0.15, -0.1) is 0 Å². The van der Waals surface area contributed by atoms with E-state index < -0.39 is 0 Å². The molecule has 1 atom stereocenters. The average molecular weight is 273 g/mol. The molecule has 1 aromatic heterocycles. The van der Waals surface area contributed by atoms with Crippen molar-refractivity contribution < 1.29 is 0 Å². The number of hydrogen-bond donors (Lipinski definition) is 1. The molecule has 0 bridgehead atoms. The van der Waals surface area contributed by atoms with Crippen LogP contribution in [0.15, 0.2) is 11.0 Å². The second-order valence-corrected chi connectivity index (χ2v) is 5.29. The monoisotopic (exact) mass is 272 g/mol. The molecule has 0 saturated carbocycles. The third-order valence-electron chi connectivity index (χ3n) is 2.90. The topological polar surface area (TPSA) is 50.2 Å². The molecule has 1 N–H and O–H groups in total. The molecular weight excluding hydrogens is 252 g/mol. The molecule has 0 amide bonds. The fourth-order valence-corrected chi connectivity index (χ4v) is 1.58. The van der Waals surface area contributed by atoms with Crippen molar-refractivity contribution in [3.63, 3.8) is 0 Å². The third kappa shape index (κ3) is 3.46. The molecule has 6 heteroatoms. The summed E-state index contributed by atoms with van der Waals surface area (Å²) < 4.78 is 1.38. The highest BCUT2D eigenvalue weighted by Crippen LogP contribution is 2.16. The predicted molar refractivity (Wildman–Crippen MR) is 75.5 cm³/mol. The lowest BCUT2D eigenvalue weighted by Crippen LogP contribution is -2.32. The zero-order chi connectivity index (χ0) is 13.9. The van der Waals surface area contributed by atoms with Gasteiger partial charge in [-0.3, -0.25) is 4.79 Å². The van der Waals surface area contributed by atoms with E-state index in [-0.39, 0.29) is 16.6 Å². The summed E-state index contributed by atoms with van der Waals surface area (Å²) >= 11 is 6.06. The van der Waals surface area contributed by atoms with Crippen LogP contribution in [0.25, 0.3) is 0 Å². The molecular formula is C12H21ClN4O. The second-order valence-electron chi connectivity index (χ2n) is 4.91. The summed E-state index contributed by atoms with van der Waals surface area (Å²) in [5, 5.41) is 7.46. The molecule has 0 aromatic carbocycles. The molecule has 5 nitrogen and oxygen atoms in total. The van der Waals surface area contributed by atoms with E-state index in [4.69, 9.17) is 11.6 Å². The molecule has 1 unspecified atom stereocenters. The first-order valence-corrected chi connectivity index (χ1v) is 6.40. The average Bonchev–Trinajstić information content (AvgIpc) is 2.30. The van der Waals surface area contributed by atoms with E-state index >= 15 is 0 Å². The number of aromatic nitrogens is 2. The normalized spacial score (nSPS) is 13.1. The summed E-state index contributed by atoms with van der Waals surface area (Å²) in [4.78, 5) is 14.0. The second kappa shape index (κ2) is 6.20. The number of rotatable bonds is 5. The van der Waals surface area contributed by atoms with E-state index in [9.17, 15) is 4.79 Å². The van der Waals surface area contributed by atoms with Gasteiger partial charge < -0.3 is 10.2 Å². The largest absolute Gasteiger partial charge is 0.381 e. The summed E-state index contributed by atoms with van der Waals surface area (Å²) in [6, 6.07) is 0.346. The Morgan fingerprint density at radius 3 is 2.56 bits per heavy atom. The van der Waals surface area contributed by atoms with Gasteiger partial charge in [0.2, 0.25) is 0 Å². The van der Waals surface area contributed by atoms with Crippen LogP contribution in [-0.4, -0.2) is 41.4 Å². The number of hydrogen-bond acceptors (Lipinski definition) is 4. The van der Waals surface area contributed by atoms with Crippen LogP contribution in [0.4, 0.5) is 5.69 Å². The van der Waals surface area contributed by atoms with Crippen LogP contribution < -0.4 is 10.9 Å². The Morgan fingerprint density at radius 2 is 2.06 bits per heavy atom. The van der Waals surface area contributed by atoms with Gasteiger partial charge >= 0.3 is 0 Å². The van der Waals surface area contributed by atoms with E-state index in [2.05, 4.69) is 22.2 Å². The fourth-order valence-electron chi connectivity index (χ4n) is 1.38. The Balaban J connectivity index is 2.86. The van der Waals surface area contributed by atoms with Crippen molar-refractivity contribution in [1.82, 2.24) is 14.7 Å².